The smallest absolute Gasteiger partial charge is 0.319 e. The number of allylic oxidation sites excluding steroid dienone is 4. The van der Waals surface area contributed by atoms with Crippen LogP contribution in [0, 0.1) is 28.5 Å². The Balaban J connectivity index is 1.24. The minimum atomic E-state index is -0.740. The number of nitrogens with zero attached hydrogens (tertiary/aromatic N) is 6. The molecule has 3 unspecified atom stereocenters. The van der Waals surface area contributed by atoms with E-state index in [1.54, 1.807) is 6.20 Å². The summed E-state index contributed by atoms with van der Waals surface area (Å²) in [6, 6.07) is 2.50. The molecule has 0 amide bonds. The Hall–Kier alpha value is -3.31. The summed E-state index contributed by atoms with van der Waals surface area (Å²) in [6.07, 6.45) is 7.79. The summed E-state index contributed by atoms with van der Waals surface area (Å²) in [5, 5.41) is 13.4. The van der Waals surface area contributed by atoms with Crippen molar-refractivity contribution in [3.63, 3.8) is 0 Å². The zero-order chi connectivity index (χ0) is 32.2. The van der Waals surface area contributed by atoms with Gasteiger partial charge in [0, 0.05) is 62.8 Å². The lowest BCUT2D eigenvalue weighted by atomic mass is 9.83. The van der Waals surface area contributed by atoms with E-state index >= 15 is 4.39 Å². The van der Waals surface area contributed by atoms with Crippen LogP contribution in [0.15, 0.2) is 34.8 Å². The fraction of sp³-hybridized carbons (Fsp3) is 0.576. The highest BCUT2D eigenvalue weighted by Crippen LogP contribution is 2.51. The van der Waals surface area contributed by atoms with E-state index in [1.807, 2.05) is 0 Å². The summed E-state index contributed by atoms with van der Waals surface area (Å²) >= 11 is 1.08. The minimum Gasteiger partial charge on any atom is -0.463 e. The van der Waals surface area contributed by atoms with Crippen molar-refractivity contribution < 1.29 is 18.3 Å². The number of rotatable bonds is 8. The molecule has 0 bridgehead atoms. The number of nitrogens with one attached hydrogen (secondary N) is 1. The number of thioether (sulfide) groups is 1. The maximum atomic E-state index is 16.7. The van der Waals surface area contributed by atoms with Crippen LogP contribution < -0.4 is 20.7 Å². The number of nitrogens with two attached hydrogens (primary N) is 1. The van der Waals surface area contributed by atoms with Crippen LogP contribution >= 0.6 is 11.8 Å². The number of morpholine rings is 1. The van der Waals surface area contributed by atoms with Crippen LogP contribution in [0.3, 0.4) is 0 Å². The largest absolute Gasteiger partial charge is 0.463 e. The van der Waals surface area contributed by atoms with Gasteiger partial charge in [0.25, 0.3) is 0 Å². The Bertz CT molecular complexity index is 1660. The molecule has 46 heavy (non-hydrogen) atoms. The normalized spacial score (nSPS) is 29.3. The topological polar surface area (TPSA) is 125 Å². The second-order valence-electron chi connectivity index (χ2n) is 13.3. The molecule has 5 heterocycles. The van der Waals surface area contributed by atoms with Gasteiger partial charge in [-0.15, -0.1) is 0 Å². The number of fused-ring (bicyclic) bond motifs is 2. The molecule has 0 radical (unpaired) electrons. The molecule has 3 N–H and O–H groups in total. The molecule has 1 saturated carbocycles. The van der Waals surface area contributed by atoms with Gasteiger partial charge in [-0.25, -0.2) is 8.78 Å². The lowest BCUT2D eigenvalue weighted by molar-refractivity contribution is -0.0741. The van der Waals surface area contributed by atoms with E-state index in [2.05, 4.69) is 51.9 Å². The average Bonchev–Trinajstić information content (AvgIpc) is 3.71. The van der Waals surface area contributed by atoms with Crippen molar-refractivity contribution in [3.8, 4) is 12.1 Å². The standard InChI is InChI=1S/C33H40F2N8O2S/c1-4-20-15-43(10-9-38-20)31-23-12-39-27(21-5-6-24(34)29-25(21)22(11-36)30(37)46-29)26(35)28(23)40-32(41-31)44-17-33(7-8-33)16-42-13-18(2)45-19(3)14-42/h5-6,12,18-20,25,29,38H,4,7-10,13-17,37H2,1-3H3/t18-,19-,20?,25?,29?/m1/s1. The molecule has 2 aliphatic carbocycles. The van der Waals surface area contributed by atoms with Crippen molar-refractivity contribution in [2.45, 2.75) is 63.5 Å². The van der Waals surface area contributed by atoms with Crippen molar-refractivity contribution in [1.82, 2.24) is 25.2 Å². The highest BCUT2D eigenvalue weighted by Gasteiger charge is 2.46. The quantitative estimate of drug-likeness (QED) is 0.425. The third kappa shape index (κ3) is 5.85. The predicted molar refractivity (Wildman–Crippen MR) is 174 cm³/mol. The first-order valence-electron chi connectivity index (χ1n) is 16.2. The van der Waals surface area contributed by atoms with Crippen LogP contribution in [-0.4, -0.2) is 89.2 Å². The number of piperazine rings is 1. The number of ether oxygens (including phenoxy) is 2. The van der Waals surface area contributed by atoms with Crippen LogP contribution in [0.5, 0.6) is 6.01 Å². The van der Waals surface area contributed by atoms with Crippen molar-refractivity contribution in [1.29, 1.82) is 5.26 Å². The van der Waals surface area contributed by atoms with Gasteiger partial charge in [0.2, 0.25) is 0 Å². The summed E-state index contributed by atoms with van der Waals surface area (Å²) in [5.41, 5.74) is 6.83. The van der Waals surface area contributed by atoms with Crippen molar-refractivity contribution in [2.24, 2.45) is 17.1 Å². The Morgan fingerprint density at radius 2 is 1.98 bits per heavy atom. The van der Waals surface area contributed by atoms with E-state index in [-0.39, 0.29) is 51.5 Å². The lowest BCUT2D eigenvalue weighted by Crippen LogP contribution is -2.50. The van der Waals surface area contributed by atoms with Gasteiger partial charge in [-0.2, -0.15) is 15.2 Å². The number of hydrogen-bond acceptors (Lipinski definition) is 11. The van der Waals surface area contributed by atoms with Crippen LogP contribution in [-0.2, 0) is 4.74 Å². The van der Waals surface area contributed by atoms with E-state index in [0.717, 1.165) is 57.2 Å². The second-order valence-corrected chi connectivity index (χ2v) is 14.5. The Morgan fingerprint density at radius 1 is 1.20 bits per heavy atom. The van der Waals surface area contributed by atoms with Gasteiger partial charge in [-0.1, -0.05) is 24.8 Å². The van der Waals surface area contributed by atoms with Gasteiger partial charge in [-0.05, 0) is 44.8 Å². The maximum Gasteiger partial charge on any atom is 0.319 e. The number of aromatic nitrogens is 3. The molecular weight excluding hydrogens is 610 g/mol. The molecule has 0 aromatic carbocycles. The SMILES string of the molecule is CCC1CN(c2nc(OCC3(CN4C[C@@H](C)O[C@H](C)C4)CC3)nc3c(F)c(C4=CC=C(F)C5SC(N)=C(C#N)C45)ncc23)CCN1. The fourth-order valence-electron chi connectivity index (χ4n) is 7.28. The Kier molecular flexibility index (Phi) is 8.42. The van der Waals surface area contributed by atoms with Gasteiger partial charge in [0.1, 0.15) is 22.9 Å². The van der Waals surface area contributed by atoms with E-state index < -0.39 is 22.8 Å². The van der Waals surface area contributed by atoms with Crippen LogP contribution in [0.4, 0.5) is 14.6 Å². The molecule has 7 rings (SSSR count). The summed E-state index contributed by atoms with van der Waals surface area (Å²) < 4.78 is 43.8. The third-order valence-corrected chi connectivity index (χ3v) is 11.0. The van der Waals surface area contributed by atoms with E-state index in [4.69, 9.17) is 20.2 Å². The van der Waals surface area contributed by atoms with E-state index in [1.165, 1.54) is 12.2 Å². The van der Waals surface area contributed by atoms with Crippen LogP contribution in [0.25, 0.3) is 16.5 Å². The highest BCUT2D eigenvalue weighted by molar-refractivity contribution is 8.04. The summed E-state index contributed by atoms with van der Waals surface area (Å²) in [7, 11) is 0. The molecule has 3 aliphatic heterocycles. The molecule has 0 spiro atoms. The summed E-state index contributed by atoms with van der Waals surface area (Å²) in [5.74, 6) is -1.22. The Labute approximate surface area is 272 Å². The Morgan fingerprint density at radius 3 is 2.70 bits per heavy atom. The minimum absolute atomic E-state index is 0.00199. The predicted octanol–water partition coefficient (Wildman–Crippen LogP) is 4.30. The first kappa shape index (κ1) is 31.3. The zero-order valence-corrected chi connectivity index (χ0v) is 27.2. The molecule has 5 atom stereocenters. The molecule has 3 fully saturated rings. The van der Waals surface area contributed by atoms with Gasteiger partial charge in [0.05, 0.1) is 46.1 Å². The average molecular weight is 651 g/mol. The number of halogens is 2. The molecule has 244 valence electrons. The fourth-order valence-corrected chi connectivity index (χ4v) is 8.46. The van der Waals surface area contributed by atoms with Gasteiger partial charge in [-0.3, -0.25) is 9.88 Å². The van der Waals surface area contributed by atoms with Crippen molar-refractivity contribution in [3.05, 3.63) is 46.3 Å². The monoisotopic (exact) mass is 650 g/mol. The highest BCUT2D eigenvalue weighted by atomic mass is 32.2. The second kappa shape index (κ2) is 12.4. The molecule has 2 aromatic heterocycles. The molecular formula is C33H40F2N8O2S. The third-order valence-electron chi connectivity index (χ3n) is 9.77. The van der Waals surface area contributed by atoms with Crippen LogP contribution in [0.2, 0.25) is 0 Å². The summed E-state index contributed by atoms with van der Waals surface area (Å²) in [6.45, 7) is 11.6. The van der Waals surface area contributed by atoms with Crippen molar-refractivity contribution >= 4 is 34.1 Å². The number of hydrogen-bond donors (Lipinski definition) is 2. The molecule has 10 nitrogen and oxygen atoms in total. The van der Waals surface area contributed by atoms with E-state index in [9.17, 15) is 9.65 Å². The summed E-state index contributed by atoms with van der Waals surface area (Å²) in [4.78, 5) is 18.6. The molecule has 2 saturated heterocycles. The zero-order valence-electron chi connectivity index (χ0n) is 26.4. The molecule has 2 aromatic rings. The van der Waals surface area contributed by atoms with E-state index in [0.29, 0.717) is 36.5 Å². The van der Waals surface area contributed by atoms with Crippen molar-refractivity contribution in [2.75, 3.05) is 50.8 Å². The number of anilines is 1. The number of pyridine rings is 1. The number of nitriles is 1. The lowest BCUT2D eigenvalue weighted by Gasteiger charge is -2.37. The maximum absolute atomic E-state index is 16.7. The van der Waals surface area contributed by atoms with Gasteiger partial charge >= 0.3 is 6.01 Å². The van der Waals surface area contributed by atoms with Crippen LogP contribution in [0.1, 0.15) is 45.7 Å². The first-order chi connectivity index (χ1) is 22.2. The molecule has 5 aliphatic rings. The first-order valence-corrected chi connectivity index (χ1v) is 17.1. The molecule has 13 heteroatoms. The van der Waals surface area contributed by atoms with Gasteiger partial charge < -0.3 is 25.4 Å². The van der Waals surface area contributed by atoms with Gasteiger partial charge in [0.15, 0.2) is 5.82 Å².